The highest BCUT2D eigenvalue weighted by atomic mass is 79.9. The van der Waals surface area contributed by atoms with Crippen molar-refractivity contribution in [1.29, 1.82) is 0 Å². The third-order valence-electron chi connectivity index (χ3n) is 3.61. The highest BCUT2D eigenvalue weighted by molar-refractivity contribution is 9.10. The van der Waals surface area contributed by atoms with Crippen LogP contribution in [0.3, 0.4) is 0 Å². The summed E-state index contributed by atoms with van der Waals surface area (Å²) < 4.78 is 0.963. The van der Waals surface area contributed by atoms with E-state index >= 15 is 0 Å². The number of nitrogens with two attached hydrogens (primary N) is 1. The third kappa shape index (κ3) is 4.54. The molecule has 1 saturated heterocycles. The lowest BCUT2D eigenvalue weighted by molar-refractivity contribution is -0.131. The van der Waals surface area contributed by atoms with Crippen LogP contribution >= 0.6 is 15.9 Å². The second-order valence-electron chi connectivity index (χ2n) is 5.40. The highest BCUT2D eigenvalue weighted by Gasteiger charge is 2.26. The molecule has 5 nitrogen and oxygen atoms in total. The summed E-state index contributed by atoms with van der Waals surface area (Å²) in [6.07, 6.45) is 1.10. The maximum atomic E-state index is 12.3. The van der Waals surface area contributed by atoms with E-state index in [1.165, 1.54) is 6.92 Å². The zero-order valence-electron chi connectivity index (χ0n) is 12.0. The molecule has 1 aliphatic rings. The van der Waals surface area contributed by atoms with Crippen LogP contribution in [0.5, 0.6) is 0 Å². The molecule has 1 aliphatic heterocycles. The average Bonchev–Trinajstić information content (AvgIpc) is 2.85. The van der Waals surface area contributed by atoms with E-state index in [4.69, 9.17) is 5.73 Å². The molecule has 6 heteroatoms. The molecule has 0 spiro atoms. The van der Waals surface area contributed by atoms with Gasteiger partial charge in [0.2, 0.25) is 11.8 Å². The summed E-state index contributed by atoms with van der Waals surface area (Å²) in [5.41, 5.74) is 6.75. The van der Waals surface area contributed by atoms with Crippen LogP contribution in [0.2, 0.25) is 0 Å². The van der Waals surface area contributed by atoms with Crippen LogP contribution in [0.4, 0.5) is 0 Å². The molecule has 1 fully saturated rings. The van der Waals surface area contributed by atoms with E-state index in [1.54, 1.807) is 4.90 Å². The van der Waals surface area contributed by atoms with Crippen molar-refractivity contribution >= 4 is 27.7 Å². The first kappa shape index (κ1) is 16.0. The molecule has 0 radical (unpaired) electrons. The fourth-order valence-electron chi connectivity index (χ4n) is 2.51. The Morgan fingerprint density at radius 2 is 2.10 bits per heavy atom. The first-order chi connectivity index (χ1) is 9.95. The van der Waals surface area contributed by atoms with Crippen LogP contribution in [0.1, 0.15) is 31.4 Å². The van der Waals surface area contributed by atoms with Gasteiger partial charge < -0.3 is 16.0 Å². The van der Waals surface area contributed by atoms with Gasteiger partial charge in [-0.1, -0.05) is 28.1 Å². The van der Waals surface area contributed by atoms with Gasteiger partial charge in [-0.15, -0.1) is 0 Å². The Hall–Kier alpha value is -1.40. The summed E-state index contributed by atoms with van der Waals surface area (Å²) in [6, 6.07) is 7.39. The van der Waals surface area contributed by atoms with Crippen molar-refractivity contribution in [1.82, 2.24) is 10.2 Å². The van der Waals surface area contributed by atoms with Crippen LogP contribution < -0.4 is 11.1 Å². The van der Waals surface area contributed by atoms with E-state index in [2.05, 4.69) is 21.2 Å². The van der Waals surface area contributed by atoms with Gasteiger partial charge in [-0.25, -0.2) is 0 Å². The maximum Gasteiger partial charge on any atom is 0.225 e. The lowest BCUT2D eigenvalue weighted by atomic mass is 10.0. The number of halogens is 1. The van der Waals surface area contributed by atoms with Crippen molar-refractivity contribution in [2.24, 2.45) is 5.73 Å². The quantitative estimate of drug-likeness (QED) is 0.862. The van der Waals surface area contributed by atoms with Crippen LogP contribution in [0, 0.1) is 0 Å². The molecule has 0 aliphatic carbocycles. The van der Waals surface area contributed by atoms with E-state index in [9.17, 15) is 9.59 Å². The van der Waals surface area contributed by atoms with Gasteiger partial charge in [0.1, 0.15) is 0 Å². The Balaban J connectivity index is 2.07. The standard InChI is InChI=1S/C15H20BrN3O2/c1-10(20)18-14(11-2-4-12(16)5-3-11)8-15(21)19-7-6-13(17)9-19/h2-5,13-14H,6-9,17H2,1H3,(H,18,20)/t13-,14?/m1/s1. The monoisotopic (exact) mass is 353 g/mol. The molecule has 1 aromatic carbocycles. The van der Waals surface area contributed by atoms with Crippen LogP contribution in [0.15, 0.2) is 28.7 Å². The van der Waals surface area contributed by atoms with Gasteiger partial charge in [0.25, 0.3) is 0 Å². The fraction of sp³-hybridized carbons (Fsp3) is 0.467. The summed E-state index contributed by atoms with van der Waals surface area (Å²) in [4.78, 5) is 25.5. The van der Waals surface area contributed by atoms with E-state index in [0.717, 1.165) is 16.5 Å². The van der Waals surface area contributed by atoms with E-state index in [1.807, 2.05) is 24.3 Å². The van der Waals surface area contributed by atoms with Crippen molar-refractivity contribution in [3.63, 3.8) is 0 Å². The summed E-state index contributed by atoms with van der Waals surface area (Å²) >= 11 is 3.38. The first-order valence-electron chi connectivity index (χ1n) is 7.01. The van der Waals surface area contributed by atoms with Gasteiger partial charge in [0, 0.05) is 30.5 Å². The van der Waals surface area contributed by atoms with Gasteiger partial charge in [-0.05, 0) is 24.1 Å². The highest BCUT2D eigenvalue weighted by Crippen LogP contribution is 2.21. The zero-order valence-corrected chi connectivity index (χ0v) is 13.6. The molecule has 1 heterocycles. The van der Waals surface area contributed by atoms with Crippen molar-refractivity contribution in [3.8, 4) is 0 Å². The molecule has 2 rings (SSSR count). The average molecular weight is 354 g/mol. The Kier molecular flexibility index (Phi) is 5.36. The molecular weight excluding hydrogens is 334 g/mol. The van der Waals surface area contributed by atoms with Crippen molar-refractivity contribution < 1.29 is 9.59 Å². The number of benzene rings is 1. The molecule has 3 N–H and O–H groups in total. The summed E-state index contributed by atoms with van der Waals surface area (Å²) in [5, 5.41) is 2.85. The van der Waals surface area contributed by atoms with Gasteiger partial charge in [-0.3, -0.25) is 9.59 Å². The SMILES string of the molecule is CC(=O)NC(CC(=O)N1CC[C@@H](N)C1)c1ccc(Br)cc1. The second kappa shape index (κ2) is 7.04. The van der Waals surface area contributed by atoms with Crippen molar-refractivity contribution in [2.45, 2.75) is 31.8 Å². The minimum atomic E-state index is -0.306. The number of amides is 2. The molecule has 2 atom stereocenters. The number of rotatable bonds is 4. The largest absolute Gasteiger partial charge is 0.349 e. The van der Waals surface area contributed by atoms with E-state index in [0.29, 0.717) is 13.1 Å². The maximum absolute atomic E-state index is 12.3. The Labute approximate surface area is 133 Å². The molecule has 1 aromatic rings. The molecule has 21 heavy (non-hydrogen) atoms. The molecule has 0 bridgehead atoms. The zero-order chi connectivity index (χ0) is 15.4. The Bertz CT molecular complexity index is 518. The molecule has 114 valence electrons. The van der Waals surface area contributed by atoms with Gasteiger partial charge in [0.15, 0.2) is 0 Å². The summed E-state index contributed by atoms with van der Waals surface area (Å²) in [7, 11) is 0. The van der Waals surface area contributed by atoms with Crippen LogP contribution in [0.25, 0.3) is 0 Å². The van der Waals surface area contributed by atoms with Gasteiger partial charge >= 0.3 is 0 Å². The van der Waals surface area contributed by atoms with Crippen molar-refractivity contribution in [2.75, 3.05) is 13.1 Å². The van der Waals surface area contributed by atoms with E-state index < -0.39 is 0 Å². The second-order valence-corrected chi connectivity index (χ2v) is 6.31. The first-order valence-corrected chi connectivity index (χ1v) is 7.81. The molecule has 0 saturated carbocycles. The fourth-order valence-corrected chi connectivity index (χ4v) is 2.77. The molecule has 2 amide bonds. The van der Waals surface area contributed by atoms with Gasteiger partial charge in [0.05, 0.1) is 12.5 Å². The normalized spacial score (nSPS) is 19.4. The molecule has 1 unspecified atom stereocenters. The molecular formula is C15H20BrN3O2. The predicted octanol–water partition coefficient (Wildman–Crippen LogP) is 1.58. The Morgan fingerprint density at radius 1 is 1.43 bits per heavy atom. The number of nitrogens with one attached hydrogen (secondary N) is 1. The van der Waals surface area contributed by atoms with Gasteiger partial charge in [-0.2, -0.15) is 0 Å². The van der Waals surface area contributed by atoms with Crippen molar-refractivity contribution in [3.05, 3.63) is 34.3 Å². The van der Waals surface area contributed by atoms with E-state index in [-0.39, 0.29) is 30.3 Å². The number of hydrogen-bond donors (Lipinski definition) is 2. The predicted molar refractivity (Wildman–Crippen MR) is 84.5 cm³/mol. The van der Waals surface area contributed by atoms with Crippen LogP contribution in [-0.2, 0) is 9.59 Å². The number of carbonyl (C=O) groups excluding carboxylic acids is 2. The summed E-state index contributed by atoms with van der Waals surface area (Å²) in [5.74, 6) is -0.113. The number of hydrogen-bond acceptors (Lipinski definition) is 3. The minimum absolute atomic E-state index is 0.0321. The number of nitrogens with zero attached hydrogens (tertiary/aromatic N) is 1. The minimum Gasteiger partial charge on any atom is -0.349 e. The number of likely N-dealkylation sites (tertiary alicyclic amines) is 1. The number of carbonyl (C=O) groups is 2. The Morgan fingerprint density at radius 3 is 2.62 bits per heavy atom. The smallest absolute Gasteiger partial charge is 0.225 e. The van der Waals surface area contributed by atoms with Crippen LogP contribution in [-0.4, -0.2) is 35.8 Å². The third-order valence-corrected chi connectivity index (χ3v) is 4.13. The molecule has 0 aromatic heterocycles. The lowest BCUT2D eigenvalue weighted by Crippen LogP contribution is -2.36. The lowest BCUT2D eigenvalue weighted by Gasteiger charge is -2.22. The summed E-state index contributed by atoms with van der Waals surface area (Å²) in [6.45, 7) is 2.77. The topological polar surface area (TPSA) is 75.4 Å².